The largest absolute Gasteiger partial charge is 0.480 e. The number of halogens is 1. The highest BCUT2D eigenvalue weighted by Gasteiger charge is 2.23. The minimum Gasteiger partial charge on any atom is -0.480 e. The molecule has 0 bridgehead atoms. The van der Waals surface area contributed by atoms with Crippen molar-refractivity contribution in [3.05, 3.63) is 32.7 Å². The van der Waals surface area contributed by atoms with Gasteiger partial charge in [-0.1, -0.05) is 0 Å². The van der Waals surface area contributed by atoms with Crippen LogP contribution in [0.25, 0.3) is 0 Å². The quantitative estimate of drug-likeness (QED) is 0.904. The van der Waals surface area contributed by atoms with Gasteiger partial charge in [0, 0.05) is 9.35 Å². The number of thiophene rings is 1. The third kappa shape index (κ3) is 2.88. The summed E-state index contributed by atoms with van der Waals surface area (Å²) in [5.74, 6) is 0.889. The van der Waals surface area contributed by atoms with E-state index in [2.05, 4.69) is 31.2 Å². The summed E-state index contributed by atoms with van der Waals surface area (Å²) in [4.78, 5) is 9.79. The van der Waals surface area contributed by atoms with Crippen molar-refractivity contribution in [1.29, 1.82) is 0 Å². The number of hydrogen-bond acceptors (Lipinski definition) is 6. The molecule has 1 unspecified atom stereocenters. The van der Waals surface area contributed by atoms with Crippen LogP contribution in [0.15, 0.2) is 22.1 Å². The van der Waals surface area contributed by atoms with Gasteiger partial charge in [0.2, 0.25) is 11.8 Å². The number of aromatic nitrogens is 2. The Labute approximate surface area is 124 Å². The van der Waals surface area contributed by atoms with Crippen molar-refractivity contribution in [3.8, 4) is 11.8 Å². The minimum absolute atomic E-state index is 0.0808. The molecule has 0 aromatic carbocycles. The topological polar surface area (TPSA) is 56.3 Å². The maximum Gasteiger partial charge on any atom is 0.240 e. The van der Waals surface area contributed by atoms with Crippen molar-refractivity contribution in [2.24, 2.45) is 0 Å². The summed E-state index contributed by atoms with van der Waals surface area (Å²) >= 11 is 5.18. The lowest BCUT2D eigenvalue weighted by Gasteiger charge is -2.17. The van der Waals surface area contributed by atoms with E-state index in [4.69, 9.17) is 9.47 Å². The van der Waals surface area contributed by atoms with Gasteiger partial charge < -0.3 is 14.8 Å². The van der Waals surface area contributed by atoms with Gasteiger partial charge in [-0.3, -0.25) is 0 Å². The molecule has 19 heavy (non-hydrogen) atoms. The van der Waals surface area contributed by atoms with Gasteiger partial charge in [-0.25, -0.2) is 4.98 Å². The zero-order valence-corrected chi connectivity index (χ0v) is 13.2. The molecule has 2 rings (SSSR count). The molecule has 0 aliphatic rings. The lowest BCUT2D eigenvalue weighted by molar-refractivity contribution is 0.353. The van der Waals surface area contributed by atoms with Crippen LogP contribution >= 0.6 is 27.3 Å². The molecule has 2 heterocycles. The standard InChI is InChI=1S/C12H14BrN3O2S/c1-14-9(11-7(13)4-5-19-11)10-12(18-3)16-8(17-2)6-15-10/h4-6,9,14H,1-3H3. The van der Waals surface area contributed by atoms with Crippen molar-refractivity contribution in [3.63, 3.8) is 0 Å². The van der Waals surface area contributed by atoms with E-state index in [1.807, 2.05) is 18.5 Å². The van der Waals surface area contributed by atoms with Crippen molar-refractivity contribution in [1.82, 2.24) is 15.3 Å². The van der Waals surface area contributed by atoms with E-state index in [0.29, 0.717) is 11.8 Å². The number of ether oxygens (including phenoxy) is 2. The highest BCUT2D eigenvalue weighted by atomic mass is 79.9. The lowest BCUT2D eigenvalue weighted by Crippen LogP contribution is -2.19. The van der Waals surface area contributed by atoms with Crippen LogP contribution in [0.2, 0.25) is 0 Å². The SMILES string of the molecule is CNC(c1ncc(OC)nc1OC)c1sccc1Br. The van der Waals surface area contributed by atoms with Crippen molar-refractivity contribution in [2.45, 2.75) is 6.04 Å². The van der Waals surface area contributed by atoms with Crippen molar-refractivity contribution >= 4 is 27.3 Å². The Bertz CT molecular complexity index is 562. The number of methoxy groups -OCH3 is 2. The molecule has 0 saturated heterocycles. The predicted molar refractivity (Wildman–Crippen MR) is 78.1 cm³/mol. The molecule has 0 aliphatic heterocycles. The monoisotopic (exact) mass is 343 g/mol. The Morgan fingerprint density at radius 2 is 2.16 bits per heavy atom. The van der Waals surface area contributed by atoms with Gasteiger partial charge in [0.25, 0.3) is 0 Å². The summed E-state index contributed by atoms with van der Waals surface area (Å²) in [5, 5.41) is 5.25. The molecule has 2 aromatic heterocycles. The summed E-state index contributed by atoms with van der Waals surface area (Å²) in [6.45, 7) is 0. The molecule has 2 aromatic rings. The zero-order valence-electron chi connectivity index (χ0n) is 10.8. The highest BCUT2D eigenvalue weighted by Crippen LogP contribution is 2.35. The van der Waals surface area contributed by atoms with Gasteiger partial charge in [-0.2, -0.15) is 4.98 Å². The normalized spacial score (nSPS) is 12.2. The van der Waals surface area contributed by atoms with E-state index in [1.54, 1.807) is 31.8 Å². The average Bonchev–Trinajstić information content (AvgIpc) is 2.86. The average molecular weight is 344 g/mol. The third-order valence-electron chi connectivity index (χ3n) is 2.62. The Balaban J connectivity index is 2.46. The third-order valence-corrected chi connectivity index (χ3v) is 4.55. The molecule has 0 fully saturated rings. The number of hydrogen-bond donors (Lipinski definition) is 1. The fraction of sp³-hybridized carbons (Fsp3) is 0.333. The van der Waals surface area contributed by atoms with E-state index in [1.165, 1.54) is 0 Å². The highest BCUT2D eigenvalue weighted by molar-refractivity contribution is 9.10. The maximum atomic E-state index is 5.30. The van der Waals surface area contributed by atoms with Crippen LogP contribution in [0.3, 0.4) is 0 Å². The van der Waals surface area contributed by atoms with Crippen LogP contribution in [0.5, 0.6) is 11.8 Å². The summed E-state index contributed by atoms with van der Waals surface area (Å²) in [7, 11) is 5.00. The molecule has 5 nitrogen and oxygen atoms in total. The van der Waals surface area contributed by atoms with Gasteiger partial charge >= 0.3 is 0 Å². The smallest absolute Gasteiger partial charge is 0.240 e. The van der Waals surface area contributed by atoms with Gasteiger partial charge in [-0.05, 0) is 34.4 Å². The van der Waals surface area contributed by atoms with Gasteiger partial charge in [0.15, 0.2) is 0 Å². The van der Waals surface area contributed by atoms with Crippen LogP contribution in [0.1, 0.15) is 16.6 Å². The van der Waals surface area contributed by atoms with Crippen LogP contribution in [0, 0.1) is 0 Å². The molecule has 0 aliphatic carbocycles. The molecule has 102 valence electrons. The van der Waals surface area contributed by atoms with Crippen LogP contribution in [-0.4, -0.2) is 31.2 Å². The van der Waals surface area contributed by atoms with Crippen LogP contribution < -0.4 is 14.8 Å². The molecule has 7 heteroatoms. The minimum atomic E-state index is -0.0808. The molecule has 0 spiro atoms. The first-order chi connectivity index (χ1) is 9.21. The maximum absolute atomic E-state index is 5.30. The predicted octanol–water partition coefficient (Wildman–Crippen LogP) is 2.63. The van der Waals surface area contributed by atoms with E-state index >= 15 is 0 Å². The summed E-state index contributed by atoms with van der Waals surface area (Å²) < 4.78 is 11.4. The number of nitrogens with one attached hydrogen (secondary N) is 1. The molecular weight excluding hydrogens is 330 g/mol. The Hall–Kier alpha value is -1.18. The van der Waals surface area contributed by atoms with E-state index < -0.39 is 0 Å². The second kappa shape index (κ2) is 6.31. The molecule has 1 atom stereocenters. The number of rotatable bonds is 5. The first-order valence-corrected chi connectivity index (χ1v) is 7.23. The number of nitrogens with zero attached hydrogens (tertiary/aromatic N) is 2. The zero-order chi connectivity index (χ0) is 13.8. The van der Waals surface area contributed by atoms with Crippen molar-refractivity contribution < 1.29 is 9.47 Å². The fourth-order valence-corrected chi connectivity index (χ4v) is 3.43. The second-order valence-corrected chi connectivity index (χ2v) is 5.46. The van der Waals surface area contributed by atoms with Gasteiger partial charge in [0.05, 0.1) is 26.5 Å². The fourth-order valence-electron chi connectivity index (χ4n) is 1.72. The molecule has 0 saturated carbocycles. The molecule has 0 radical (unpaired) electrons. The van der Waals surface area contributed by atoms with E-state index in [9.17, 15) is 0 Å². The summed E-state index contributed by atoms with van der Waals surface area (Å²) in [6.07, 6.45) is 1.59. The van der Waals surface area contributed by atoms with Crippen LogP contribution in [-0.2, 0) is 0 Å². The Kier molecular flexibility index (Phi) is 4.73. The second-order valence-electron chi connectivity index (χ2n) is 3.66. The first-order valence-electron chi connectivity index (χ1n) is 5.56. The van der Waals surface area contributed by atoms with Gasteiger partial charge in [-0.15, -0.1) is 11.3 Å². The van der Waals surface area contributed by atoms with E-state index in [0.717, 1.165) is 15.0 Å². The van der Waals surface area contributed by atoms with Crippen LogP contribution in [0.4, 0.5) is 0 Å². The molecule has 1 N–H and O–H groups in total. The summed E-state index contributed by atoms with van der Waals surface area (Å²) in [6, 6.07) is 1.93. The molecule has 0 amide bonds. The first kappa shape index (κ1) is 14.2. The van der Waals surface area contributed by atoms with E-state index in [-0.39, 0.29) is 6.04 Å². The lowest BCUT2D eigenvalue weighted by atomic mass is 10.1. The Morgan fingerprint density at radius 3 is 2.68 bits per heavy atom. The Morgan fingerprint density at radius 1 is 1.37 bits per heavy atom. The van der Waals surface area contributed by atoms with Crippen molar-refractivity contribution in [2.75, 3.05) is 21.3 Å². The van der Waals surface area contributed by atoms with Gasteiger partial charge in [0.1, 0.15) is 5.69 Å². The summed E-state index contributed by atoms with van der Waals surface area (Å²) in [5.41, 5.74) is 0.731. The molecular formula is C12H14BrN3O2S.